The Bertz CT molecular complexity index is 609. The van der Waals surface area contributed by atoms with Gasteiger partial charge in [-0.15, -0.1) is 4.73 Å². The number of hydrogen-bond donors (Lipinski definition) is 2. The summed E-state index contributed by atoms with van der Waals surface area (Å²) in [6, 6.07) is 2.50. The molecular formula is C16H20N2O5. The maximum Gasteiger partial charge on any atom is 0.336 e. The molecule has 124 valence electrons. The molecule has 0 radical (unpaired) electrons. The first kappa shape index (κ1) is 15.5. The highest BCUT2D eigenvalue weighted by Crippen LogP contribution is 2.31. The molecule has 1 aromatic rings. The Hall–Kier alpha value is -2.44. The second-order valence-corrected chi connectivity index (χ2v) is 6.12. The fraction of sp³-hybridized carbons (Fsp3) is 0.500. The lowest BCUT2D eigenvalue weighted by molar-refractivity contribution is -0.152. The second kappa shape index (κ2) is 6.36. The van der Waals surface area contributed by atoms with Crippen molar-refractivity contribution in [3.05, 3.63) is 24.3 Å². The summed E-state index contributed by atoms with van der Waals surface area (Å²) < 4.78 is 0.725. The van der Waals surface area contributed by atoms with E-state index in [1.54, 1.807) is 6.08 Å². The quantitative estimate of drug-likeness (QED) is 0.865. The number of hydrogen-bond acceptors (Lipinski definition) is 5. The molecule has 0 unspecified atom stereocenters. The van der Waals surface area contributed by atoms with Crippen LogP contribution in [0.5, 0.6) is 11.8 Å². The number of rotatable bonds is 4. The van der Waals surface area contributed by atoms with Crippen molar-refractivity contribution in [2.75, 3.05) is 13.1 Å². The van der Waals surface area contributed by atoms with Crippen molar-refractivity contribution in [2.24, 2.45) is 11.8 Å². The molecule has 3 rings (SSSR count). The number of carbonyl (C=O) groups excluding carboxylic acids is 2. The van der Waals surface area contributed by atoms with E-state index in [9.17, 15) is 19.8 Å². The van der Waals surface area contributed by atoms with E-state index in [4.69, 9.17) is 4.84 Å². The molecule has 0 bridgehead atoms. The van der Waals surface area contributed by atoms with Gasteiger partial charge in [0.05, 0.1) is 5.92 Å². The van der Waals surface area contributed by atoms with Gasteiger partial charge >= 0.3 is 5.97 Å². The summed E-state index contributed by atoms with van der Waals surface area (Å²) in [4.78, 5) is 30.6. The first-order chi connectivity index (χ1) is 11.0. The molecule has 1 aromatic heterocycles. The maximum atomic E-state index is 12.1. The monoisotopic (exact) mass is 320 g/mol. The molecule has 1 aliphatic heterocycles. The number of nitrogens with zero attached hydrogens (tertiary/aromatic N) is 2. The summed E-state index contributed by atoms with van der Waals surface area (Å²) >= 11 is 0. The molecule has 23 heavy (non-hydrogen) atoms. The predicted molar refractivity (Wildman–Crippen MR) is 80.5 cm³/mol. The largest absolute Gasteiger partial charge is 0.492 e. The van der Waals surface area contributed by atoms with Crippen molar-refractivity contribution >= 4 is 11.9 Å². The molecule has 0 saturated heterocycles. The standard InChI is InChI=1S/C16H20N2O5/c19-13-2-1-9-17(13)10-11-3-5-12(6-4-11)16(22)23-18-14(20)7-8-15(18)21/h1-2,7-8,11-12,20-21H,3-6,9-10H2. The minimum absolute atomic E-state index is 0.0603. The highest BCUT2D eigenvalue weighted by molar-refractivity contribution is 5.89. The molecule has 7 nitrogen and oxygen atoms in total. The highest BCUT2D eigenvalue weighted by Gasteiger charge is 2.30. The van der Waals surface area contributed by atoms with Crippen LogP contribution in [0.4, 0.5) is 0 Å². The number of aromatic hydroxyl groups is 2. The zero-order valence-corrected chi connectivity index (χ0v) is 12.7. The normalized spacial score (nSPS) is 24.2. The molecule has 2 heterocycles. The molecule has 1 amide bonds. The van der Waals surface area contributed by atoms with E-state index in [0.29, 0.717) is 25.3 Å². The molecule has 2 N–H and O–H groups in total. The van der Waals surface area contributed by atoms with E-state index < -0.39 is 5.97 Å². The Morgan fingerprint density at radius 1 is 1.17 bits per heavy atom. The lowest BCUT2D eigenvalue weighted by Crippen LogP contribution is -2.35. The number of amides is 1. The van der Waals surface area contributed by atoms with Crippen LogP contribution in [-0.4, -0.2) is 44.8 Å². The molecule has 7 heteroatoms. The Kier molecular flexibility index (Phi) is 4.27. The van der Waals surface area contributed by atoms with E-state index >= 15 is 0 Å². The van der Waals surface area contributed by atoms with Gasteiger partial charge in [0.25, 0.3) is 0 Å². The Morgan fingerprint density at radius 2 is 1.83 bits per heavy atom. The lowest BCUT2D eigenvalue weighted by atomic mass is 9.82. The molecule has 0 atom stereocenters. The minimum Gasteiger partial charge on any atom is -0.492 e. The molecule has 2 aliphatic rings. The van der Waals surface area contributed by atoms with Crippen LogP contribution in [0.1, 0.15) is 25.7 Å². The zero-order chi connectivity index (χ0) is 16.4. The van der Waals surface area contributed by atoms with E-state index in [-0.39, 0.29) is 23.6 Å². The van der Waals surface area contributed by atoms with Crippen LogP contribution in [0.15, 0.2) is 24.3 Å². The van der Waals surface area contributed by atoms with Gasteiger partial charge in [-0.3, -0.25) is 4.79 Å². The minimum atomic E-state index is -0.454. The Balaban J connectivity index is 1.48. The van der Waals surface area contributed by atoms with Gasteiger partial charge in [-0.05, 0) is 31.6 Å². The van der Waals surface area contributed by atoms with Gasteiger partial charge in [0.1, 0.15) is 0 Å². The van der Waals surface area contributed by atoms with Crippen LogP contribution in [0, 0.1) is 11.8 Å². The fourth-order valence-electron chi connectivity index (χ4n) is 3.19. The van der Waals surface area contributed by atoms with Gasteiger partial charge < -0.3 is 20.0 Å². The van der Waals surface area contributed by atoms with Gasteiger partial charge in [-0.25, -0.2) is 4.79 Å². The van der Waals surface area contributed by atoms with Crippen LogP contribution < -0.4 is 4.84 Å². The van der Waals surface area contributed by atoms with E-state index in [0.717, 1.165) is 24.1 Å². The lowest BCUT2D eigenvalue weighted by Gasteiger charge is -2.30. The van der Waals surface area contributed by atoms with Gasteiger partial charge in [0, 0.05) is 31.3 Å². The van der Waals surface area contributed by atoms with Crippen LogP contribution in [0.2, 0.25) is 0 Å². The SMILES string of the molecule is O=C(On1c(O)ccc1O)C1CCC(CN2CC=CC2=O)CC1. The van der Waals surface area contributed by atoms with Crippen molar-refractivity contribution in [2.45, 2.75) is 25.7 Å². The highest BCUT2D eigenvalue weighted by atomic mass is 16.7. The summed E-state index contributed by atoms with van der Waals surface area (Å²) in [6.07, 6.45) is 6.53. The predicted octanol–water partition coefficient (Wildman–Crippen LogP) is 1.06. The van der Waals surface area contributed by atoms with Crippen molar-refractivity contribution in [1.82, 2.24) is 9.63 Å². The fourth-order valence-corrected chi connectivity index (χ4v) is 3.19. The van der Waals surface area contributed by atoms with Crippen LogP contribution in [0.25, 0.3) is 0 Å². The van der Waals surface area contributed by atoms with E-state index in [1.165, 1.54) is 12.1 Å². The first-order valence-corrected chi connectivity index (χ1v) is 7.82. The average Bonchev–Trinajstić information content (AvgIpc) is 3.08. The van der Waals surface area contributed by atoms with Gasteiger partial charge in [0.15, 0.2) is 0 Å². The summed E-state index contributed by atoms with van der Waals surface area (Å²) in [5.74, 6) is -0.875. The Labute approximate surface area is 133 Å². The average molecular weight is 320 g/mol. The summed E-state index contributed by atoms with van der Waals surface area (Å²) in [5.41, 5.74) is 0. The molecule has 0 aromatic carbocycles. The molecule has 1 aliphatic carbocycles. The second-order valence-electron chi connectivity index (χ2n) is 6.12. The van der Waals surface area contributed by atoms with Crippen molar-refractivity contribution in [3.63, 3.8) is 0 Å². The molecule has 1 saturated carbocycles. The maximum absolute atomic E-state index is 12.1. The van der Waals surface area contributed by atoms with Crippen LogP contribution in [-0.2, 0) is 9.59 Å². The van der Waals surface area contributed by atoms with Gasteiger partial charge in [0.2, 0.25) is 17.7 Å². The van der Waals surface area contributed by atoms with Crippen LogP contribution >= 0.6 is 0 Å². The molecule has 1 fully saturated rings. The van der Waals surface area contributed by atoms with Gasteiger partial charge in [-0.2, -0.15) is 0 Å². The number of aromatic nitrogens is 1. The third-order valence-corrected chi connectivity index (χ3v) is 4.54. The summed E-state index contributed by atoms with van der Waals surface area (Å²) in [6.45, 7) is 1.40. The van der Waals surface area contributed by atoms with Crippen molar-refractivity contribution in [3.8, 4) is 11.8 Å². The molecular weight excluding hydrogens is 300 g/mol. The van der Waals surface area contributed by atoms with Crippen LogP contribution in [0.3, 0.4) is 0 Å². The molecule has 0 spiro atoms. The third-order valence-electron chi connectivity index (χ3n) is 4.54. The Morgan fingerprint density at radius 3 is 2.39 bits per heavy atom. The zero-order valence-electron chi connectivity index (χ0n) is 12.7. The third kappa shape index (κ3) is 3.33. The first-order valence-electron chi connectivity index (χ1n) is 7.82. The summed E-state index contributed by atoms with van der Waals surface area (Å²) in [5, 5.41) is 19.0. The van der Waals surface area contributed by atoms with Crippen molar-refractivity contribution < 1.29 is 24.6 Å². The number of carbonyl (C=O) groups is 2. The van der Waals surface area contributed by atoms with E-state index in [2.05, 4.69) is 0 Å². The van der Waals surface area contributed by atoms with Crippen molar-refractivity contribution in [1.29, 1.82) is 0 Å². The van der Waals surface area contributed by atoms with E-state index in [1.807, 2.05) is 11.0 Å². The smallest absolute Gasteiger partial charge is 0.336 e. The topological polar surface area (TPSA) is 92.0 Å². The summed E-state index contributed by atoms with van der Waals surface area (Å²) in [7, 11) is 0. The van der Waals surface area contributed by atoms with Gasteiger partial charge in [-0.1, -0.05) is 6.08 Å².